The van der Waals surface area contributed by atoms with Gasteiger partial charge in [-0.1, -0.05) is 12.1 Å². The van der Waals surface area contributed by atoms with Crippen molar-refractivity contribution in [2.75, 3.05) is 36.6 Å². The number of rotatable bonds is 3. The number of H-pyrrole nitrogens is 1. The Labute approximate surface area is 199 Å². The first kappa shape index (κ1) is 21.0. The van der Waals surface area contributed by atoms with Gasteiger partial charge in [0.1, 0.15) is 11.6 Å². The Morgan fingerprint density at radius 2 is 1.85 bits per heavy atom. The Bertz CT molecular complexity index is 1230. The minimum Gasteiger partial charge on any atom is -0.507 e. The zero-order valence-electron chi connectivity index (χ0n) is 19.7. The van der Waals surface area contributed by atoms with E-state index in [1.807, 2.05) is 42.6 Å². The van der Waals surface area contributed by atoms with Gasteiger partial charge in [-0.3, -0.25) is 10.4 Å². The molecule has 1 atom stereocenters. The third kappa shape index (κ3) is 3.49. The second-order valence-corrected chi connectivity index (χ2v) is 9.49. The third-order valence-electron chi connectivity index (χ3n) is 7.46. The first-order chi connectivity index (χ1) is 16.6. The predicted octanol–water partition coefficient (Wildman–Crippen LogP) is 3.55. The van der Waals surface area contributed by atoms with E-state index in [0.717, 1.165) is 67.5 Å². The van der Waals surface area contributed by atoms with E-state index in [2.05, 4.69) is 33.6 Å². The Morgan fingerprint density at radius 3 is 2.62 bits per heavy atom. The van der Waals surface area contributed by atoms with Crippen LogP contribution in [0.5, 0.6) is 5.75 Å². The molecule has 176 valence electrons. The number of hydrazine groups is 1. The summed E-state index contributed by atoms with van der Waals surface area (Å²) < 4.78 is 0. The van der Waals surface area contributed by atoms with Gasteiger partial charge in [-0.25, -0.2) is 9.97 Å². The van der Waals surface area contributed by atoms with Crippen molar-refractivity contribution in [1.82, 2.24) is 25.7 Å². The molecule has 0 saturated carbocycles. The zero-order valence-corrected chi connectivity index (χ0v) is 19.7. The highest BCUT2D eigenvalue weighted by atomic mass is 16.3. The summed E-state index contributed by atoms with van der Waals surface area (Å²) in [5.74, 6) is 2.65. The number of fused-ring (bicyclic) bond motifs is 3. The molecular weight excluding hydrogens is 426 g/mol. The molecule has 8 nitrogen and oxygen atoms in total. The molecule has 0 amide bonds. The van der Waals surface area contributed by atoms with E-state index in [4.69, 9.17) is 9.97 Å². The Morgan fingerprint density at radius 1 is 1.09 bits per heavy atom. The normalized spacial score (nSPS) is 20.4. The number of piperidine rings is 1. The molecule has 1 saturated heterocycles. The van der Waals surface area contributed by atoms with Gasteiger partial charge in [0.05, 0.1) is 11.7 Å². The molecule has 2 aromatic heterocycles. The maximum absolute atomic E-state index is 10.4. The van der Waals surface area contributed by atoms with Crippen molar-refractivity contribution in [3.8, 4) is 5.75 Å². The average molecular weight is 458 g/mol. The third-order valence-corrected chi connectivity index (χ3v) is 7.46. The summed E-state index contributed by atoms with van der Waals surface area (Å²) in [6.07, 6.45) is 9.40. The number of nitrogens with zero attached hydrogens (tertiary/aromatic N) is 4. The van der Waals surface area contributed by atoms with Gasteiger partial charge in [-0.15, -0.1) is 0 Å². The molecule has 3 aromatic rings. The summed E-state index contributed by atoms with van der Waals surface area (Å²) in [7, 11) is 2.00. The molecule has 0 radical (unpaired) electrons. The van der Waals surface area contributed by atoms with Crippen molar-refractivity contribution in [1.29, 1.82) is 0 Å². The lowest BCUT2D eigenvalue weighted by molar-refractivity contribution is 0.458. The van der Waals surface area contributed by atoms with Crippen molar-refractivity contribution >= 4 is 23.5 Å². The smallest absolute Gasteiger partial charge is 0.225 e. The van der Waals surface area contributed by atoms with Crippen LogP contribution in [0.4, 0.5) is 11.8 Å². The molecule has 1 fully saturated rings. The van der Waals surface area contributed by atoms with Gasteiger partial charge in [0.25, 0.3) is 0 Å². The van der Waals surface area contributed by atoms with Gasteiger partial charge in [0.2, 0.25) is 5.95 Å². The minimum absolute atomic E-state index is 0.127. The van der Waals surface area contributed by atoms with Crippen LogP contribution < -0.4 is 20.7 Å². The molecule has 3 aliphatic heterocycles. The number of phenolic OH excluding ortho intramolecular Hbond substituents is 1. The molecule has 0 aliphatic carbocycles. The number of para-hydroxylation sites is 1. The first-order valence-electron chi connectivity index (χ1n) is 12.1. The zero-order chi connectivity index (χ0) is 23.2. The second-order valence-electron chi connectivity index (χ2n) is 9.49. The van der Waals surface area contributed by atoms with Crippen molar-refractivity contribution in [3.05, 3.63) is 64.6 Å². The van der Waals surface area contributed by atoms with Crippen LogP contribution in [0.2, 0.25) is 0 Å². The van der Waals surface area contributed by atoms with E-state index in [9.17, 15) is 5.11 Å². The number of hydrogen-bond acceptors (Lipinski definition) is 7. The fourth-order valence-corrected chi connectivity index (χ4v) is 5.61. The van der Waals surface area contributed by atoms with Crippen LogP contribution in [0.25, 0.3) is 11.8 Å². The maximum Gasteiger partial charge on any atom is 0.225 e. The standard InChI is InChI=1S/C26H31N7O/c1-16-24-20-13-22(19-5-3-4-6-23(19)34)31-32(2)25(20)30-21(24)9-12-33(16)26-28-14-18(15-29-26)17-7-10-27-11-8-17/h3-6,13-17,27,30-31,34H,7-12H2,1-2H3/t16-/m0/s1. The van der Waals surface area contributed by atoms with E-state index in [1.165, 1.54) is 16.8 Å². The number of nitrogens with one attached hydrogen (secondary N) is 3. The molecule has 0 spiro atoms. The van der Waals surface area contributed by atoms with Crippen molar-refractivity contribution in [2.45, 2.75) is 38.1 Å². The van der Waals surface area contributed by atoms with Gasteiger partial charge in [-0.2, -0.15) is 0 Å². The Balaban J connectivity index is 1.33. The van der Waals surface area contributed by atoms with Crippen molar-refractivity contribution in [3.63, 3.8) is 0 Å². The van der Waals surface area contributed by atoms with E-state index < -0.39 is 0 Å². The van der Waals surface area contributed by atoms with Crippen LogP contribution in [-0.2, 0) is 6.42 Å². The lowest BCUT2D eigenvalue weighted by Gasteiger charge is -2.35. The number of phenols is 1. The monoisotopic (exact) mass is 457 g/mol. The van der Waals surface area contributed by atoms with Crippen LogP contribution in [0.3, 0.4) is 0 Å². The molecular formula is C26H31N7O. The summed E-state index contributed by atoms with van der Waals surface area (Å²) in [6, 6.07) is 7.55. The number of aromatic hydroxyl groups is 1. The molecule has 8 heteroatoms. The summed E-state index contributed by atoms with van der Waals surface area (Å²) in [6.45, 7) is 5.23. The lowest BCUT2D eigenvalue weighted by atomic mass is 9.92. The molecule has 0 unspecified atom stereocenters. The SMILES string of the molecule is C[C@H]1c2c([nH]c3c2C=C(c2ccccc2O)NN3C)CCN1c1ncc(C2CCNCC2)cn1. The number of hydrogen-bond donors (Lipinski definition) is 4. The van der Waals surface area contributed by atoms with Gasteiger partial charge in [0, 0.05) is 54.8 Å². The highest BCUT2D eigenvalue weighted by molar-refractivity contribution is 5.91. The Kier molecular flexibility index (Phi) is 5.17. The lowest BCUT2D eigenvalue weighted by Crippen LogP contribution is -2.36. The van der Waals surface area contributed by atoms with Crippen molar-refractivity contribution in [2.24, 2.45) is 0 Å². The molecule has 3 aliphatic rings. The van der Waals surface area contributed by atoms with E-state index in [-0.39, 0.29) is 11.8 Å². The fourth-order valence-electron chi connectivity index (χ4n) is 5.61. The quantitative estimate of drug-likeness (QED) is 0.478. The van der Waals surface area contributed by atoms with E-state index in [1.54, 1.807) is 6.07 Å². The predicted molar refractivity (Wildman–Crippen MR) is 135 cm³/mol. The van der Waals surface area contributed by atoms with Crippen LogP contribution in [0.1, 0.15) is 59.7 Å². The number of aromatic amines is 1. The van der Waals surface area contributed by atoms with Gasteiger partial charge < -0.3 is 20.3 Å². The number of anilines is 2. The number of aromatic nitrogens is 3. The minimum atomic E-state index is 0.127. The largest absolute Gasteiger partial charge is 0.507 e. The summed E-state index contributed by atoms with van der Waals surface area (Å²) in [5, 5.41) is 15.8. The molecule has 4 N–H and O–H groups in total. The van der Waals surface area contributed by atoms with Crippen molar-refractivity contribution < 1.29 is 5.11 Å². The first-order valence-corrected chi connectivity index (χ1v) is 12.1. The van der Waals surface area contributed by atoms with Crippen LogP contribution in [0.15, 0.2) is 36.7 Å². The second kappa shape index (κ2) is 8.36. The van der Waals surface area contributed by atoms with E-state index in [0.29, 0.717) is 5.92 Å². The molecule has 0 bridgehead atoms. The summed E-state index contributed by atoms with van der Waals surface area (Å²) in [4.78, 5) is 15.5. The van der Waals surface area contributed by atoms with Gasteiger partial charge in [0.15, 0.2) is 0 Å². The number of benzene rings is 1. The van der Waals surface area contributed by atoms with Gasteiger partial charge in [-0.05, 0) is 62.5 Å². The molecule has 34 heavy (non-hydrogen) atoms. The molecule has 6 rings (SSSR count). The molecule has 5 heterocycles. The highest BCUT2D eigenvalue weighted by Gasteiger charge is 2.33. The van der Waals surface area contributed by atoms with Crippen LogP contribution in [0, 0.1) is 0 Å². The summed E-state index contributed by atoms with van der Waals surface area (Å²) >= 11 is 0. The summed E-state index contributed by atoms with van der Waals surface area (Å²) in [5.41, 5.74) is 9.98. The van der Waals surface area contributed by atoms with Crippen LogP contribution >= 0.6 is 0 Å². The molecule has 1 aromatic carbocycles. The topological polar surface area (TPSA) is 92.3 Å². The van der Waals surface area contributed by atoms with Gasteiger partial charge >= 0.3 is 0 Å². The average Bonchev–Trinajstić information content (AvgIpc) is 3.25. The Hall–Kier alpha value is -3.52. The van der Waals surface area contributed by atoms with Crippen LogP contribution in [-0.4, -0.2) is 46.7 Å². The fraction of sp³-hybridized carbons (Fsp3) is 0.385. The highest BCUT2D eigenvalue weighted by Crippen LogP contribution is 2.42. The van der Waals surface area contributed by atoms with E-state index >= 15 is 0 Å². The maximum atomic E-state index is 10.4.